The summed E-state index contributed by atoms with van der Waals surface area (Å²) in [6.45, 7) is 23.2. The largest absolute Gasteiger partial charge is 0.508 e. The number of carbonyl (C=O) groups is 2. The van der Waals surface area contributed by atoms with Crippen LogP contribution in [0.1, 0.15) is 103 Å². The number of aliphatic hydroxyl groups excluding tert-OH is 1. The fourth-order valence-corrected chi connectivity index (χ4v) is 10.5. The summed E-state index contributed by atoms with van der Waals surface area (Å²) in [6.07, 6.45) is -2.80. The van der Waals surface area contributed by atoms with E-state index in [1.165, 1.54) is 30.3 Å². The second-order valence-electron chi connectivity index (χ2n) is 28.3. The van der Waals surface area contributed by atoms with Crippen molar-refractivity contribution in [1.82, 2.24) is 0 Å². The highest BCUT2D eigenvalue weighted by atomic mass is 19.1. The highest BCUT2D eigenvalue weighted by Gasteiger charge is 2.53. The molecule has 9 aromatic carbocycles. The van der Waals surface area contributed by atoms with Crippen LogP contribution in [0.4, 0.5) is 22.8 Å². The van der Waals surface area contributed by atoms with Crippen LogP contribution in [0.5, 0.6) is 17.2 Å². The fraction of sp³-hybridized carbons (Fsp3) is 0.356. The summed E-state index contributed by atoms with van der Waals surface area (Å²) in [6, 6.07) is 71.9. The standard InChI is InChI=1S/C29H34BFO5.C23H24BFO5.C17H20O3.C12H16BFO3.C6H10N2O4/c1-28(2)29(3,4)36-30(35-28)26-16-15-24(17-27(26)31)34-21-25(33-19-23-13-9-6-10-14-23)20-32-18-22-11-7-5-8-12-22;25-23-13-20(11-12-22(23)24(26)27)30-17-21(29-15-19-9-5-2-6-10-19)16-28-14-18-7-3-1-4-8-18;18-11-17(20-13-16-9-5-2-6-10-16)14-19-12-15-7-3-1-4-8-15;1-11(2)12(3,4)17-13(16-11)9-6-5-8(15)7-10(9)14;1-3-11-5(9)7-8-6(10)12-4-2/h5-17,25H,18-21H2,1-4H3;1-13,21,26-27H,14-17H2;1-10,17-18H,11-14H2;5-7,15H,1-4H3;3-4H2,1-2H3/t25-;21-;17-;;/m110../s1. The minimum Gasteiger partial charge on any atom is -0.508 e. The van der Waals surface area contributed by atoms with Gasteiger partial charge in [-0.05, 0) is 121 Å². The number of benzene rings is 9. The number of nitrogens with zero attached hydrogens (tertiary/aromatic N) is 2. The van der Waals surface area contributed by atoms with Crippen molar-refractivity contribution in [3.63, 3.8) is 0 Å². The van der Waals surface area contributed by atoms with Crippen LogP contribution in [0.3, 0.4) is 0 Å². The molecule has 4 N–H and O–H groups in total. The number of azo groups is 1. The monoisotopic (exact) mass is 1590 g/mol. The molecular weight excluding hydrogens is 1480 g/mol. The zero-order chi connectivity index (χ0) is 83.1. The molecule has 2 saturated heterocycles. The molecule has 0 unspecified atom stereocenters. The molecule has 0 spiro atoms. The molecule has 612 valence electrons. The van der Waals surface area contributed by atoms with Gasteiger partial charge >= 0.3 is 33.5 Å². The third-order valence-corrected chi connectivity index (χ3v) is 18.3. The van der Waals surface area contributed by atoms with Crippen LogP contribution >= 0.6 is 0 Å². The predicted octanol–water partition coefficient (Wildman–Crippen LogP) is 14.4. The first-order chi connectivity index (χ1) is 55.2. The zero-order valence-corrected chi connectivity index (χ0v) is 66.7. The lowest BCUT2D eigenvalue weighted by molar-refractivity contribution is -0.0536. The molecular formula is C87H104B3F3N2O20. The van der Waals surface area contributed by atoms with Crippen LogP contribution in [0.25, 0.3) is 0 Å². The maximum Gasteiger partial charge on any atom is 0.497 e. The Labute approximate surface area is 673 Å². The normalized spacial score (nSPS) is 14.9. The summed E-state index contributed by atoms with van der Waals surface area (Å²) in [7, 11) is -3.37. The van der Waals surface area contributed by atoms with E-state index in [9.17, 15) is 27.9 Å². The molecule has 0 bridgehead atoms. The van der Waals surface area contributed by atoms with E-state index in [4.69, 9.17) is 71.7 Å². The van der Waals surface area contributed by atoms with Crippen molar-refractivity contribution in [2.24, 2.45) is 10.2 Å². The zero-order valence-electron chi connectivity index (χ0n) is 66.7. The van der Waals surface area contributed by atoms with Crippen LogP contribution in [0, 0.1) is 17.5 Å². The number of phenols is 1. The third-order valence-electron chi connectivity index (χ3n) is 18.3. The maximum absolute atomic E-state index is 15.0. The molecule has 11 rings (SSSR count). The second kappa shape index (κ2) is 48.0. The van der Waals surface area contributed by atoms with E-state index in [1.807, 2.05) is 237 Å². The van der Waals surface area contributed by atoms with Crippen molar-refractivity contribution in [2.45, 2.75) is 150 Å². The topological polar surface area (TPSA) is 269 Å². The molecule has 115 heavy (non-hydrogen) atoms. The van der Waals surface area contributed by atoms with E-state index in [-0.39, 0.29) is 68.3 Å². The predicted molar refractivity (Wildman–Crippen MR) is 432 cm³/mol. The van der Waals surface area contributed by atoms with Gasteiger partial charge in [0.1, 0.15) is 66.2 Å². The van der Waals surface area contributed by atoms with Crippen molar-refractivity contribution in [3.05, 3.63) is 287 Å². The van der Waals surface area contributed by atoms with Crippen LogP contribution in [-0.4, -0.2) is 147 Å². The molecule has 22 nitrogen and oxygen atoms in total. The van der Waals surface area contributed by atoms with Gasteiger partial charge < -0.3 is 86.2 Å². The number of ether oxygens (including phenoxy) is 10. The lowest BCUT2D eigenvalue weighted by Gasteiger charge is -2.32. The van der Waals surface area contributed by atoms with Gasteiger partial charge in [0.2, 0.25) is 0 Å². The first kappa shape index (κ1) is 92.6. The number of carbonyl (C=O) groups excluding carboxylic acids is 2. The number of hydrogen-bond acceptors (Lipinski definition) is 20. The van der Waals surface area contributed by atoms with Crippen molar-refractivity contribution in [3.8, 4) is 17.2 Å². The van der Waals surface area contributed by atoms with Gasteiger partial charge in [-0.25, -0.2) is 22.8 Å². The molecule has 3 atom stereocenters. The SMILES string of the molecule is CC1(C)OB(c2ccc(O)cc2F)OC1(C)C.CC1(C)OB(c2ccc(OC[C@@H](COCc3ccccc3)OCc3ccccc3)cc2F)OC1(C)C.CCOC(=O)N=NC(=O)OCC.OB(O)c1ccc(OC[C@@H](COCc2ccccc2)OCc2ccccc2)cc1F.OC[C@@H](COCc1ccccc1)OCc1ccccc1. The quantitative estimate of drug-likeness (QED) is 0.0220. The average molecular weight is 1590 g/mol. The number of phenolic OH excluding ortho intramolecular Hbond substituents is 1. The fourth-order valence-electron chi connectivity index (χ4n) is 10.5. The number of hydrogen-bond donors (Lipinski definition) is 4. The van der Waals surface area contributed by atoms with Crippen molar-refractivity contribution < 1.29 is 109 Å². The van der Waals surface area contributed by atoms with Crippen LogP contribution in [-0.2, 0) is 96.2 Å². The highest BCUT2D eigenvalue weighted by Crippen LogP contribution is 2.38. The lowest BCUT2D eigenvalue weighted by Crippen LogP contribution is -2.41. The summed E-state index contributed by atoms with van der Waals surface area (Å²) in [5.74, 6) is -1.14. The van der Waals surface area contributed by atoms with E-state index in [0.29, 0.717) is 76.1 Å². The van der Waals surface area contributed by atoms with Crippen molar-refractivity contribution in [1.29, 1.82) is 0 Å². The van der Waals surface area contributed by atoms with E-state index < -0.39 is 73.4 Å². The van der Waals surface area contributed by atoms with Crippen molar-refractivity contribution in [2.75, 3.05) is 52.9 Å². The summed E-state index contributed by atoms with van der Waals surface area (Å²) in [5, 5.41) is 42.5. The number of amides is 2. The Balaban J connectivity index is 0.000000209. The summed E-state index contributed by atoms with van der Waals surface area (Å²) < 4.78 is 121. The maximum atomic E-state index is 15.0. The number of rotatable bonds is 33. The Bertz CT molecular complexity index is 4250. The van der Waals surface area contributed by atoms with Gasteiger partial charge in [-0.3, -0.25) is 0 Å². The van der Waals surface area contributed by atoms with Gasteiger partial charge in [0.15, 0.2) is 0 Å². The molecule has 2 aliphatic rings. The molecule has 28 heteroatoms. The number of aromatic hydroxyl groups is 1. The Morgan fingerprint density at radius 3 is 1.00 bits per heavy atom. The molecule has 2 amide bonds. The van der Waals surface area contributed by atoms with Crippen LogP contribution < -0.4 is 25.9 Å². The molecule has 9 aromatic rings. The number of halogens is 3. The van der Waals surface area contributed by atoms with Gasteiger partial charge in [0, 0.05) is 34.6 Å². The highest BCUT2D eigenvalue weighted by molar-refractivity contribution is 6.62. The second-order valence-corrected chi connectivity index (χ2v) is 28.3. The van der Waals surface area contributed by atoms with Gasteiger partial charge in [0.25, 0.3) is 0 Å². The Kier molecular flexibility index (Phi) is 38.7. The third kappa shape index (κ3) is 32.5. The van der Waals surface area contributed by atoms with Crippen LogP contribution in [0.2, 0.25) is 0 Å². The Morgan fingerprint density at radius 2 is 0.696 bits per heavy atom. The smallest absolute Gasteiger partial charge is 0.497 e. The number of aliphatic hydroxyl groups is 1. The van der Waals surface area contributed by atoms with Gasteiger partial charge in [-0.1, -0.05) is 210 Å². The van der Waals surface area contributed by atoms with E-state index in [2.05, 4.69) is 19.7 Å². The average Bonchev–Trinajstić information content (AvgIpc) is 1.63. The molecule has 0 aliphatic carbocycles. The van der Waals surface area contributed by atoms with Gasteiger partial charge in [0.05, 0.1) is 102 Å². The lowest BCUT2D eigenvalue weighted by atomic mass is 9.78. The van der Waals surface area contributed by atoms with Gasteiger partial charge in [-0.2, -0.15) is 0 Å². The summed E-state index contributed by atoms with van der Waals surface area (Å²) >= 11 is 0. The van der Waals surface area contributed by atoms with Gasteiger partial charge in [-0.15, -0.1) is 0 Å². The van der Waals surface area contributed by atoms with Crippen LogP contribution in [0.15, 0.2) is 247 Å². The molecule has 2 fully saturated rings. The minimum absolute atomic E-state index is 0.0401. The Hall–Kier alpha value is -9.62. The van der Waals surface area contributed by atoms with Crippen molar-refractivity contribution >= 4 is 49.9 Å². The minimum atomic E-state index is -1.87. The summed E-state index contributed by atoms with van der Waals surface area (Å²) in [5.41, 5.74) is 4.81. The molecule has 0 radical (unpaired) electrons. The van der Waals surface area contributed by atoms with E-state index in [1.54, 1.807) is 26.0 Å². The molecule has 2 aliphatic heterocycles. The Morgan fingerprint density at radius 1 is 0.400 bits per heavy atom. The molecule has 0 aromatic heterocycles. The molecule has 0 saturated carbocycles. The first-order valence-electron chi connectivity index (χ1n) is 37.7. The van der Waals surface area contributed by atoms with E-state index in [0.717, 1.165) is 45.5 Å². The first-order valence-corrected chi connectivity index (χ1v) is 37.7. The molecule has 2 heterocycles. The van der Waals surface area contributed by atoms with E-state index >= 15 is 0 Å². The summed E-state index contributed by atoms with van der Waals surface area (Å²) in [4.78, 5) is 20.9.